The number of hydrogen-bond acceptors (Lipinski definition) is 2. The van der Waals surface area contributed by atoms with E-state index in [1.54, 1.807) is 30.3 Å². The smallest absolute Gasteiger partial charge is 0.175 e. The van der Waals surface area contributed by atoms with Crippen LogP contribution in [0.2, 0.25) is 15.1 Å². The third kappa shape index (κ3) is 3.90. The zero-order chi connectivity index (χ0) is 14.7. The van der Waals surface area contributed by atoms with Gasteiger partial charge in [-0.05, 0) is 48.6 Å². The molecule has 0 fully saturated rings. The van der Waals surface area contributed by atoms with Crippen LogP contribution in [0.15, 0.2) is 36.4 Å². The summed E-state index contributed by atoms with van der Waals surface area (Å²) in [6, 6.07) is 9.61. The van der Waals surface area contributed by atoms with Crippen LogP contribution in [0, 0.1) is 0 Å². The predicted octanol–water partition coefficient (Wildman–Crippen LogP) is 5.16. The van der Waals surface area contributed by atoms with Crippen molar-refractivity contribution in [1.29, 1.82) is 0 Å². The highest BCUT2D eigenvalue weighted by Crippen LogP contribution is 2.28. The van der Waals surface area contributed by atoms with Gasteiger partial charge in [-0.3, -0.25) is 0 Å². The fraction of sp³-hybridized carbons (Fsp3) is 0. The first-order chi connectivity index (χ1) is 9.45. The molecule has 0 radical (unpaired) electrons. The van der Waals surface area contributed by atoms with Gasteiger partial charge in [0.25, 0.3) is 0 Å². The first kappa shape index (κ1) is 15.2. The molecule has 0 unspecified atom stereocenters. The van der Waals surface area contributed by atoms with Gasteiger partial charge in [-0.15, -0.1) is 0 Å². The first-order valence-electron chi connectivity index (χ1n) is 5.47. The highest BCUT2D eigenvalue weighted by Gasteiger charge is 2.07. The second-order valence-electron chi connectivity index (χ2n) is 3.86. The third-order valence-electron chi connectivity index (χ3n) is 2.39. The lowest BCUT2D eigenvalue weighted by molar-refractivity contribution is 0.478. The molecule has 3 nitrogen and oxygen atoms in total. The van der Waals surface area contributed by atoms with Crippen LogP contribution < -0.4 is 10.6 Å². The number of anilines is 2. The molecule has 0 atom stereocenters. The molecule has 104 valence electrons. The Labute approximate surface area is 136 Å². The van der Waals surface area contributed by atoms with E-state index in [1.165, 1.54) is 6.07 Å². The predicted molar refractivity (Wildman–Crippen MR) is 89.4 cm³/mol. The molecule has 0 aliphatic heterocycles. The Morgan fingerprint density at radius 3 is 2.20 bits per heavy atom. The fourth-order valence-corrected chi connectivity index (χ4v) is 2.32. The molecule has 2 aromatic carbocycles. The Balaban J connectivity index is 2.11. The van der Waals surface area contributed by atoms with Crippen LogP contribution >= 0.6 is 47.0 Å². The van der Waals surface area contributed by atoms with Crippen molar-refractivity contribution in [3.8, 4) is 5.75 Å². The van der Waals surface area contributed by atoms with E-state index in [2.05, 4.69) is 10.6 Å². The molecule has 0 heterocycles. The molecule has 0 saturated heterocycles. The molecule has 0 amide bonds. The molecule has 0 aromatic heterocycles. The van der Waals surface area contributed by atoms with Crippen LogP contribution in [0.4, 0.5) is 11.4 Å². The van der Waals surface area contributed by atoms with Crippen LogP contribution in [-0.2, 0) is 0 Å². The topological polar surface area (TPSA) is 44.3 Å². The lowest BCUT2D eigenvalue weighted by Crippen LogP contribution is -2.19. The molecule has 7 heteroatoms. The zero-order valence-corrected chi connectivity index (χ0v) is 13.0. The Morgan fingerprint density at radius 2 is 1.50 bits per heavy atom. The molecule has 2 aromatic rings. The van der Waals surface area contributed by atoms with Gasteiger partial charge in [-0.1, -0.05) is 34.8 Å². The Hall–Kier alpha value is -1.20. The summed E-state index contributed by atoms with van der Waals surface area (Å²) < 4.78 is 0. The summed E-state index contributed by atoms with van der Waals surface area (Å²) >= 11 is 22.8. The van der Waals surface area contributed by atoms with Gasteiger partial charge < -0.3 is 15.7 Å². The van der Waals surface area contributed by atoms with E-state index in [-0.39, 0.29) is 10.9 Å². The molecule has 0 spiro atoms. The summed E-state index contributed by atoms with van der Waals surface area (Å²) in [6.07, 6.45) is 0. The Morgan fingerprint density at radius 1 is 0.900 bits per heavy atom. The second-order valence-corrected chi connectivity index (χ2v) is 5.55. The summed E-state index contributed by atoms with van der Waals surface area (Å²) in [5.74, 6) is 0.0424. The van der Waals surface area contributed by atoms with Gasteiger partial charge in [0.05, 0.1) is 16.4 Å². The van der Waals surface area contributed by atoms with Crippen LogP contribution in [-0.4, -0.2) is 10.2 Å². The number of nitrogens with one attached hydrogen (secondary N) is 2. The van der Waals surface area contributed by atoms with E-state index in [4.69, 9.17) is 47.0 Å². The number of phenolic OH excluding ortho intramolecular Hbond substituents is 1. The average Bonchev–Trinajstić information content (AvgIpc) is 2.37. The highest BCUT2D eigenvalue weighted by molar-refractivity contribution is 7.80. The standard InChI is InChI=1S/C13H9Cl3N2OS/c14-7-1-3-10(9(16)5-7)17-13(20)18-11-6-8(15)2-4-12(11)19/h1-6,19H,(H2,17,18,20). The number of aromatic hydroxyl groups is 1. The van der Waals surface area contributed by atoms with Gasteiger partial charge in [-0.25, -0.2) is 0 Å². The molecule has 0 aliphatic carbocycles. The van der Waals surface area contributed by atoms with E-state index < -0.39 is 0 Å². The quantitative estimate of drug-likeness (QED) is 0.518. The highest BCUT2D eigenvalue weighted by atomic mass is 35.5. The third-order valence-corrected chi connectivity index (χ3v) is 3.37. The second kappa shape index (κ2) is 6.50. The van der Waals surface area contributed by atoms with Crippen LogP contribution in [0.1, 0.15) is 0 Å². The Bertz CT molecular complexity index is 664. The van der Waals surface area contributed by atoms with Gasteiger partial charge >= 0.3 is 0 Å². The van der Waals surface area contributed by atoms with Gasteiger partial charge in [0.2, 0.25) is 0 Å². The van der Waals surface area contributed by atoms with Crippen LogP contribution in [0.25, 0.3) is 0 Å². The lowest BCUT2D eigenvalue weighted by atomic mass is 10.3. The van der Waals surface area contributed by atoms with Gasteiger partial charge in [0, 0.05) is 10.0 Å². The number of thiocarbonyl (C=S) groups is 1. The maximum Gasteiger partial charge on any atom is 0.175 e. The van der Waals surface area contributed by atoms with Gasteiger partial charge in [0.15, 0.2) is 5.11 Å². The number of halogens is 3. The summed E-state index contributed by atoms with van der Waals surface area (Å²) in [5, 5.41) is 17.2. The molecule has 20 heavy (non-hydrogen) atoms. The largest absolute Gasteiger partial charge is 0.506 e. The molecular formula is C13H9Cl3N2OS. The van der Waals surface area contributed by atoms with E-state index in [1.807, 2.05) is 0 Å². The van der Waals surface area contributed by atoms with Crippen molar-refractivity contribution in [3.05, 3.63) is 51.5 Å². The fourth-order valence-electron chi connectivity index (χ4n) is 1.48. The Kier molecular flexibility index (Phi) is 4.94. The summed E-state index contributed by atoms with van der Waals surface area (Å²) in [5.41, 5.74) is 1.01. The minimum Gasteiger partial charge on any atom is -0.506 e. The normalized spacial score (nSPS) is 10.2. The van der Waals surface area contributed by atoms with Crippen molar-refractivity contribution in [2.75, 3.05) is 10.6 Å². The van der Waals surface area contributed by atoms with Crippen molar-refractivity contribution in [3.63, 3.8) is 0 Å². The lowest BCUT2D eigenvalue weighted by Gasteiger charge is -2.13. The summed E-state index contributed by atoms with van der Waals surface area (Å²) in [7, 11) is 0. The first-order valence-corrected chi connectivity index (χ1v) is 7.01. The summed E-state index contributed by atoms with van der Waals surface area (Å²) in [4.78, 5) is 0. The number of rotatable bonds is 2. The average molecular weight is 348 g/mol. The van der Waals surface area contributed by atoms with Crippen molar-refractivity contribution in [2.45, 2.75) is 0 Å². The minimum atomic E-state index is 0.0424. The number of benzene rings is 2. The van der Waals surface area contributed by atoms with Crippen molar-refractivity contribution in [2.24, 2.45) is 0 Å². The van der Waals surface area contributed by atoms with E-state index in [9.17, 15) is 5.11 Å². The zero-order valence-electron chi connectivity index (χ0n) is 9.95. The number of hydrogen-bond donors (Lipinski definition) is 3. The minimum absolute atomic E-state index is 0.0424. The SMILES string of the molecule is Oc1ccc(Cl)cc1NC(=S)Nc1ccc(Cl)cc1Cl. The maximum atomic E-state index is 9.69. The molecule has 0 aliphatic rings. The van der Waals surface area contributed by atoms with Crippen LogP contribution in [0.3, 0.4) is 0 Å². The molecule has 2 rings (SSSR count). The molecular weight excluding hydrogens is 339 g/mol. The molecule has 0 bridgehead atoms. The monoisotopic (exact) mass is 346 g/mol. The number of phenols is 1. The van der Waals surface area contributed by atoms with E-state index in [0.29, 0.717) is 26.4 Å². The van der Waals surface area contributed by atoms with Gasteiger partial charge in [-0.2, -0.15) is 0 Å². The van der Waals surface area contributed by atoms with Crippen molar-refractivity contribution < 1.29 is 5.11 Å². The van der Waals surface area contributed by atoms with Crippen LogP contribution in [0.5, 0.6) is 5.75 Å². The van der Waals surface area contributed by atoms with E-state index in [0.717, 1.165) is 0 Å². The van der Waals surface area contributed by atoms with E-state index >= 15 is 0 Å². The summed E-state index contributed by atoms with van der Waals surface area (Å²) in [6.45, 7) is 0. The maximum absolute atomic E-state index is 9.69. The van der Waals surface area contributed by atoms with Crippen molar-refractivity contribution in [1.82, 2.24) is 0 Å². The molecule has 0 saturated carbocycles. The molecule has 3 N–H and O–H groups in total. The van der Waals surface area contributed by atoms with Gasteiger partial charge in [0.1, 0.15) is 5.75 Å². The van der Waals surface area contributed by atoms with Crippen molar-refractivity contribution >= 4 is 63.5 Å².